The number of nitrogen functional groups attached to an aromatic ring is 1. The lowest BCUT2D eigenvalue weighted by atomic mass is 10.1. The molecule has 1 aromatic rings. The average Bonchev–Trinajstić information content (AvgIpc) is 2.73. The van der Waals surface area contributed by atoms with Crippen LogP contribution in [0.4, 0.5) is 0 Å². The molecule has 6 heteroatoms. The lowest BCUT2D eigenvalue weighted by Crippen LogP contribution is -2.32. The summed E-state index contributed by atoms with van der Waals surface area (Å²) in [7, 11) is 0. The van der Waals surface area contributed by atoms with Gasteiger partial charge < -0.3 is 5.11 Å². The average molecular weight is 292 g/mol. The summed E-state index contributed by atoms with van der Waals surface area (Å²) >= 11 is 0. The van der Waals surface area contributed by atoms with Crippen molar-refractivity contribution in [1.82, 2.24) is 15.2 Å². The van der Waals surface area contributed by atoms with E-state index in [4.69, 9.17) is 10.9 Å². The van der Waals surface area contributed by atoms with Gasteiger partial charge in [-0.15, -0.1) is 0 Å². The summed E-state index contributed by atoms with van der Waals surface area (Å²) in [5, 5.41) is 9.01. The van der Waals surface area contributed by atoms with Gasteiger partial charge in [0, 0.05) is 31.7 Å². The number of rotatable bonds is 5. The molecule has 0 radical (unpaired) electrons. The Morgan fingerprint density at radius 1 is 1.14 bits per heavy atom. The maximum atomic E-state index is 11.4. The van der Waals surface area contributed by atoms with Crippen molar-refractivity contribution in [3.63, 3.8) is 0 Å². The minimum Gasteiger partial charge on any atom is -0.395 e. The molecule has 1 fully saturated rings. The second-order valence-electron chi connectivity index (χ2n) is 5.37. The number of hydrogen-bond acceptors (Lipinski definition) is 5. The van der Waals surface area contributed by atoms with E-state index < -0.39 is 0 Å². The summed E-state index contributed by atoms with van der Waals surface area (Å²) in [6, 6.07) is 7.54. The highest BCUT2D eigenvalue weighted by molar-refractivity contribution is 5.93. The van der Waals surface area contributed by atoms with E-state index in [0.717, 1.165) is 45.7 Å². The minimum atomic E-state index is -0.268. The molecule has 6 nitrogen and oxygen atoms in total. The van der Waals surface area contributed by atoms with E-state index in [1.165, 1.54) is 5.56 Å². The van der Waals surface area contributed by atoms with E-state index in [1.807, 2.05) is 12.1 Å². The molecule has 1 amide bonds. The van der Waals surface area contributed by atoms with Gasteiger partial charge in [-0.2, -0.15) is 0 Å². The lowest BCUT2D eigenvalue weighted by Gasteiger charge is -2.21. The van der Waals surface area contributed by atoms with E-state index in [9.17, 15) is 4.79 Å². The zero-order valence-electron chi connectivity index (χ0n) is 12.3. The van der Waals surface area contributed by atoms with Crippen LogP contribution in [0.2, 0.25) is 0 Å². The smallest absolute Gasteiger partial charge is 0.265 e. The molecule has 1 aliphatic heterocycles. The summed E-state index contributed by atoms with van der Waals surface area (Å²) in [6.07, 6.45) is 1.12. The Morgan fingerprint density at radius 2 is 1.81 bits per heavy atom. The van der Waals surface area contributed by atoms with Crippen LogP contribution in [0.25, 0.3) is 0 Å². The number of benzene rings is 1. The third-order valence-corrected chi connectivity index (χ3v) is 3.85. The minimum absolute atomic E-state index is 0.227. The maximum Gasteiger partial charge on any atom is 0.265 e. The molecule has 4 N–H and O–H groups in total. The van der Waals surface area contributed by atoms with Gasteiger partial charge in [0.1, 0.15) is 0 Å². The Kier molecular flexibility index (Phi) is 6.13. The first kappa shape index (κ1) is 15.9. The van der Waals surface area contributed by atoms with Gasteiger partial charge in [-0.3, -0.25) is 20.0 Å². The first-order valence-electron chi connectivity index (χ1n) is 7.38. The third kappa shape index (κ3) is 4.78. The van der Waals surface area contributed by atoms with Crippen molar-refractivity contribution in [2.75, 3.05) is 39.3 Å². The van der Waals surface area contributed by atoms with Crippen molar-refractivity contribution in [3.05, 3.63) is 35.4 Å². The van der Waals surface area contributed by atoms with Crippen LogP contribution in [-0.4, -0.2) is 60.1 Å². The number of nitrogens with zero attached hydrogens (tertiary/aromatic N) is 2. The van der Waals surface area contributed by atoms with Crippen LogP contribution in [0.5, 0.6) is 0 Å². The van der Waals surface area contributed by atoms with Crippen LogP contribution < -0.4 is 11.3 Å². The fourth-order valence-corrected chi connectivity index (χ4v) is 2.65. The largest absolute Gasteiger partial charge is 0.395 e. The number of carbonyl (C=O) groups is 1. The van der Waals surface area contributed by atoms with Crippen LogP contribution in [-0.2, 0) is 6.54 Å². The molecule has 116 valence electrons. The Morgan fingerprint density at radius 3 is 2.48 bits per heavy atom. The van der Waals surface area contributed by atoms with Gasteiger partial charge in [0.15, 0.2) is 0 Å². The number of nitrogens with two attached hydrogens (primary N) is 1. The van der Waals surface area contributed by atoms with Gasteiger partial charge in [-0.25, -0.2) is 5.84 Å². The Balaban J connectivity index is 1.88. The van der Waals surface area contributed by atoms with Crippen LogP contribution in [0.1, 0.15) is 22.3 Å². The molecule has 1 aromatic carbocycles. The summed E-state index contributed by atoms with van der Waals surface area (Å²) in [6.45, 7) is 5.98. The molecule has 0 saturated carbocycles. The van der Waals surface area contributed by atoms with Gasteiger partial charge in [-0.05, 0) is 37.2 Å². The summed E-state index contributed by atoms with van der Waals surface area (Å²) in [5.74, 6) is 4.85. The molecule has 0 aliphatic carbocycles. The maximum absolute atomic E-state index is 11.4. The van der Waals surface area contributed by atoms with Crippen molar-refractivity contribution in [2.45, 2.75) is 13.0 Å². The van der Waals surface area contributed by atoms with Crippen LogP contribution >= 0.6 is 0 Å². The van der Waals surface area contributed by atoms with Gasteiger partial charge in [0.25, 0.3) is 5.91 Å². The molecule has 0 atom stereocenters. The molecule has 0 bridgehead atoms. The predicted molar refractivity (Wildman–Crippen MR) is 81.5 cm³/mol. The number of β-amino-alcohol motifs (C(OH)–C–C–N with tert-alkyl or cyclic N) is 1. The number of hydrazine groups is 1. The number of hydrogen-bond donors (Lipinski definition) is 3. The standard InChI is InChI=1S/C15H24N4O2/c16-17-15(21)14-4-2-13(3-5-14)12-19-7-1-6-18(8-9-19)10-11-20/h2-5,20H,1,6-12,16H2,(H,17,21). The Hall–Kier alpha value is -1.47. The number of carbonyl (C=O) groups excluding carboxylic acids is 1. The molecule has 21 heavy (non-hydrogen) atoms. The highest BCUT2D eigenvalue weighted by Crippen LogP contribution is 2.10. The van der Waals surface area contributed by atoms with Crippen LogP contribution in [0.15, 0.2) is 24.3 Å². The van der Waals surface area contributed by atoms with Gasteiger partial charge in [0.05, 0.1) is 6.61 Å². The number of aliphatic hydroxyl groups is 1. The third-order valence-electron chi connectivity index (χ3n) is 3.85. The summed E-state index contributed by atoms with van der Waals surface area (Å²) in [5.41, 5.74) is 3.90. The zero-order chi connectivity index (χ0) is 15.1. The van der Waals surface area contributed by atoms with E-state index in [-0.39, 0.29) is 12.5 Å². The summed E-state index contributed by atoms with van der Waals surface area (Å²) in [4.78, 5) is 16.1. The highest BCUT2D eigenvalue weighted by atomic mass is 16.3. The van der Waals surface area contributed by atoms with Crippen molar-refractivity contribution >= 4 is 5.91 Å². The number of aliphatic hydroxyl groups excluding tert-OH is 1. The molecule has 1 heterocycles. The van der Waals surface area contributed by atoms with E-state index >= 15 is 0 Å². The molecular weight excluding hydrogens is 268 g/mol. The fraction of sp³-hybridized carbons (Fsp3) is 0.533. The van der Waals surface area contributed by atoms with Crippen LogP contribution in [0, 0.1) is 0 Å². The van der Waals surface area contributed by atoms with Gasteiger partial charge in [0.2, 0.25) is 0 Å². The molecule has 0 aromatic heterocycles. The zero-order valence-corrected chi connectivity index (χ0v) is 12.3. The second kappa shape index (κ2) is 8.09. The van der Waals surface area contributed by atoms with E-state index in [0.29, 0.717) is 5.56 Å². The highest BCUT2D eigenvalue weighted by Gasteiger charge is 2.14. The van der Waals surface area contributed by atoms with Gasteiger partial charge >= 0.3 is 0 Å². The number of nitrogens with one attached hydrogen (secondary N) is 1. The molecule has 0 spiro atoms. The van der Waals surface area contributed by atoms with Crippen LogP contribution in [0.3, 0.4) is 0 Å². The SMILES string of the molecule is NNC(=O)c1ccc(CN2CCCN(CCO)CC2)cc1. The first-order valence-corrected chi connectivity index (χ1v) is 7.38. The quantitative estimate of drug-likeness (QED) is 0.397. The fourth-order valence-electron chi connectivity index (χ4n) is 2.65. The van der Waals surface area contributed by atoms with E-state index in [1.54, 1.807) is 12.1 Å². The topological polar surface area (TPSA) is 81.8 Å². The monoisotopic (exact) mass is 292 g/mol. The first-order chi connectivity index (χ1) is 10.2. The Labute approximate surface area is 125 Å². The van der Waals surface area contributed by atoms with Crippen molar-refractivity contribution in [2.24, 2.45) is 5.84 Å². The molecular formula is C15H24N4O2. The van der Waals surface area contributed by atoms with Crippen molar-refractivity contribution in [3.8, 4) is 0 Å². The normalized spacial score (nSPS) is 17.4. The summed E-state index contributed by atoms with van der Waals surface area (Å²) < 4.78 is 0. The molecule has 0 unspecified atom stereocenters. The molecule has 2 rings (SSSR count). The molecule has 1 aliphatic rings. The number of amides is 1. The lowest BCUT2D eigenvalue weighted by molar-refractivity contribution is 0.0953. The van der Waals surface area contributed by atoms with Gasteiger partial charge in [-0.1, -0.05) is 12.1 Å². The second-order valence-corrected chi connectivity index (χ2v) is 5.37. The van der Waals surface area contributed by atoms with Crippen molar-refractivity contribution in [1.29, 1.82) is 0 Å². The predicted octanol–water partition coefficient (Wildman–Crippen LogP) is -0.210. The van der Waals surface area contributed by atoms with E-state index in [2.05, 4.69) is 15.2 Å². The molecule has 1 saturated heterocycles. The Bertz CT molecular complexity index is 449. The van der Waals surface area contributed by atoms with Crippen molar-refractivity contribution < 1.29 is 9.90 Å².